The zero-order valence-corrected chi connectivity index (χ0v) is 11.9. The van der Waals surface area contributed by atoms with Gasteiger partial charge in [0.15, 0.2) is 0 Å². The number of alkyl halides is 3. The number of carboxylic acids is 1. The largest absolute Gasteiger partial charge is 0.481 e. The van der Waals surface area contributed by atoms with Crippen molar-refractivity contribution in [2.45, 2.75) is 25.1 Å². The summed E-state index contributed by atoms with van der Waals surface area (Å²) in [4.78, 5) is 21.9. The summed E-state index contributed by atoms with van der Waals surface area (Å²) < 4.78 is 37.7. The lowest BCUT2D eigenvalue weighted by Crippen LogP contribution is -2.50. The van der Waals surface area contributed by atoms with Crippen LogP contribution < -0.4 is 5.32 Å². The molecule has 0 saturated carbocycles. The summed E-state index contributed by atoms with van der Waals surface area (Å²) in [5, 5.41) is 10.6. The molecule has 1 amide bonds. The van der Waals surface area contributed by atoms with Gasteiger partial charge in [0.2, 0.25) is 0 Å². The Labute approximate surface area is 121 Å². The highest BCUT2D eigenvalue weighted by Crippen LogP contribution is 2.28. The number of amides is 1. The molecule has 1 aromatic carbocycles. The van der Waals surface area contributed by atoms with E-state index in [2.05, 4.69) is 15.9 Å². The maximum Gasteiger partial charge on any atom is 0.471 e. The summed E-state index contributed by atoms with van der Waals surface area (Å²) >= 11 is 3.16. The number of aliphatic carboxylic acids is 1. The third kappa shape index (κ3) is 4.22. The number of halogens is 4. The van der Waals surface area contributed by atoms with Crippen LogP contribution in [0.15, 0.2) is 28.7 Å². The Kier molecular flexibility index (Phi) is 4.80. The quantitative estimate of drug-likeness (QED) is 0.874. The van der Waals surface area contributed by atoms with E-state index >= 15 is 0 Å². The first kappa shape index (κ1) is 16.5. The van der Waals surface area contributed by atoms with E-state index in [9.17, 15) is 22.8 Å². The first-order valence-electron chi connectivity index (χ1n) is 5.42. The summed E-state index contributed by atoms with van der Waals surface area (Å²) in [5.41, 5.74) is -1.39. The van der Waals surface area contributed by atoms with Crippen molar-refractivity contribution in [3.8, 4) is 0 Å². The molecule has 1 aromatic rings. The van der Waals surface area contributed by atoms with Crippen LogP contribution in [0.4, 0.5) is 13.2 Å². The van der Waals surface area contributed by atoms with Crippen molar-refractivity contribution in [2.75, 3.05) is 0 Å². The molecule has 0 spiro atoms. The van der Waals surface area contributed by atoms with Crippen LogP contribution in [0.3, 0.4) is 0 Å². The zero-order chi connectivity index (χ0) is 15.6. The second-order valence-electron chi connectivity index (χ2n) is 4.36. The van der Waals surface area contributed by atoms with E-state index in [1.807, 2.05) is 0 Å². The Morgan fingerprint density at radius 3 is 2.15 bits per heavy atom. The summed E-state index contributed by atoms with van der Waals surface area (Å²) in [7, 11) is 0. The molecule has 110 valence electrons. The number of nitrogens with one attached hydrogen (secondary N) is 1. The van der Waals surface area contributed by atoms with Gasteiger partial charge in [-0.3, -0.25) is 9.59 Å². The third-order valence-corrected chi connectivity index (χ3v) is 3.16. The molecule has 0 aliphatic carbocycles. The first-order valence-corrected chi connectivity index (χ1v) is 6.21. The monoisotopic (exact) mass is 353 g/mol. The molecule has 0 bridgehead atoms. The summed E-state index contributed by atoms with van der Waals surface area (Å²) in [5.74, 6) is -3.50. The minimum atomic E-state index is -5.07. The minimum absolute atomic E-state index is 0.265. The fraction of sp³-hybridized carbons (Fsp3) is 0.333. The van der Waals surface area contributed by atoms with E-state index < -0.39 is 30.0 Å². The molecule has 0 saturated heterocycles. The van der Waals surface area contributed by atoms with Crippen LogP contribution in [-0.2, 0) is 15.1 Å². The third-order valence-electron chi connectivity index (χ3n) is 2.63. The van der Waals surface area contributed by atoms with Gasteiger partial charge in [-0.05, 0) is 24.6 Å². The van der Waals surface area contributed by atoms with E-state index in [1.54, 1.807) is 17.4 Å². The molecular weight excluding hydrogens is 343 g/mol. The lowest BCUT2D eigenvalue weighted by molar-refractivity contribution is -0.176. The van der Waals surface area contributed by atoms with Crippen LogP contribution >= 0.6 is 15.9 Å². The number of carbonyl (C=O) groups is 2. The first-order chi connectivity index (χ1) is 9.04. The van der Waals surface area contributed by atoms with Crippen LogP contribution in [0.2, 0.25) is 0 Å². The molecule has 0 aliphatic heterocycles. The SMILES string of the molecule is CC(CC(=O)O)(NC(=O)C(F)(F)F)c1ccc(Br)cc1. The van der Waals surface area contributed by atoms with Crippen molar-refractivity contribution in [3.05, 3.63) is 34.3 Å². The molecule has 20 heavy (non-hydrogen) atoms. The van der Waals surface area contributed by atoms with Gasteiger partial charge >= 0.3 is 18.1 Å². The van der Waals surface area contributed by atoms with Gasteiger partial charge in [-0.25, -0.2) is 0 Å². The Balaban J connectivity index is 3.12. The van der Waals surface area contributed by atoms with Crippen LogP contribution in [-0.4, -0.2) is 23.2 Å². The average molecular weight is 354 g/mol. The second-order valence-corrected chi connectivity index (χ2v) is 5.28. The highest BCUT2D eigenvalue weighted by Gasteiger charge is 2.43. The van der Waals surface area contributed by atoms with Gasteiger partial charge in [-0.2, -0.15) is 13.2 Å². The number of hydrogen-bond acceptors (Lipinski definition) is 2. The van der Waals surface area contributed by atoms with Crippen LogP contribution in [0, 0.1) is 0 Å². The van der Waals surface area contributed by atoms with E-state index in [1.165, 1.54) is 19.1 Å². The van der Waals surface area contributed by atoms with E-state index in [0.29, 0.717) is 4.47 Å². The van der Waals surface area contributed by atoms with Gasteiger partial charge in [0.05, 0.1) is 12.0 Å². The molecule has 8 heteroatoms. The minimum Gasteiger partial charge on any atom is -0.481 e. The Morgan fingerprint density at radius 1 is 1.25 bits per heavy atom. The number of carbonyl (C=O) groups excluding carboxylic acids is 1. The molecule has 1 rings (SSSR count). The molecule has 0 heterocycles. The van der Waals surface area contributed by atoms with Crippen molar-refractivity contribution in [1.82, 2.24) is 5.32 Å². The van der Waals surface area contributed by atoms with Crippen molar-refractivity contribution in [2.24, 2.45) is 0 Å². The number of carboxylic acid groups (broad SMARTS) is 1. The van der Waals surface area contributed by atoms with Crippen molar-refractivity contribution < 1.29 is 27.9 Å². The van der Waals surface area contributed by atoms with E-state index in [-0.39, 0.29) is 5.56 Å². The molecule has 0 radical (unpaired) electrons. The number of rotatable bonds is 4. The molecule has 1 unspecified atom stereocenters. The summed E-state index contributed by atoms with van der Waals surface area (Å²) in [6.07, 6.45) is -5.74. The van der Waals surface area contributed by atoms with Gasteiger partial charge in [0.25, 0.3) is 0 Å². The highest BCUT2D eigenvalue weighted by atomic mass is 79.9. The van der Waals surface area contributed by atoms with Crippen molar-refractivity contribution >= 4 is 27.8 Å². The molecule has 4 nitrogen and oxygen atoms in total. The van der Waals surface area contributed by atoms with E-state index in [0.717, 1.165) is 0 Å². The number of hydrogen-bond donors (Lipinski definition) is 2. The van der Waals surface area contributed by atoms with Crippen LogP contribution in [0.1, 0.15) is 18.9 Å². The standard InChI is InChI=1S/C12H11BrF3NO3/c1-11(6-9(18)19,17-10(20)12(14,15)16)7-2-4-8(13)5-3-7/h2-5H,6H2,1H3,(H,17,20)(H,18,19). The topological polar surface area (TPSA) is 66.4 Å². The van der Waals surface area contributed by atoms with Crippen LogP contribution in [0.25, 0.3) is 0 Å². The van der Waals surface area contributed by atoms with Crippen molar-refractivity contribution in [3.63, 3.8) is 0 Å². The summed E-state index contributed by atoms with van der Waals surface area (Å²) in [6.45, 7) is 1.23. The fourth-order valence-electron chi connectivity index (χ4n) is 1.66. The Bertz CT molecular complexity index is 516. The predicted molar refractivity (Wildman–Crippen MR) is 67.9 cm³/mol. The van der Waals surface area contributed by atoms with Gasteiger partial charge in [0.1, 0.15) is 0 Å². The van der Waals surface area contributed by atoms with Crippen LogP contribution in [0.5, 0.6) is 0 Å². The lowest BCUT2D eigenvalue weighted by Gasteiger charge is -2.30. The smallest absolute Gasteiger partial charge is 0.471 e. The van der Waals surface area contributed by atoms with Gasteiger partial charge < -0.3 is 10.4 Å². The molecular formula is C12H11BrF3NO3. The van der Waals surface area contributed by atoms with Gasteiger partial charge in [0, 0.05) is 4.47 Å². The molecule has 0 aliphatic rings. The van der Waals surface area contributed by atoms with Gasteiger partial charge in [-0.1, -0.05) is 28.1 Å². The Hall–Kier alpha value is -1.57. The zero-order valence-electron chi connectivity index (χ0n) is 10.3. The maximum atomic E-state index is 12.3. The number of benzene rings is 1. The second kappa shape index (κ2) is 5.82. The van der Waals surface area contributed by atoms with Gasteiger partial charge in [-0.15, -0.1) is 0 Å². The van der Waals surface area contributed by atoms with Crippen molar-refractivity contribution in [1.29, 1.82) is 0 Å². The molecule has 0 fully saturated rings. The fourth-order valence-corrected chi connectivity index (χ4v) is 1.92. The predicted octanol–water partition coefficient (Wildman–Crippen LogP) is 2.82. The Morgan fingerprint density at radius 2 is 1.75 bits per heavy atom. The normalized spacial score (nSPS) is 14.4. The molecule has 0 aromatic heterocycles. The summed E-state index contributed by atoms with van der Waals surface area (Å²) in [6, 6.07) is 6.00. The van der Waals surface area contributed by atoms with E-state index in [4.69, 9.17) is 5.11 Å². The maximum absolute atomic E-state index is 12.3. The average Bonchev–Trinajstić information content (AvgIpc) is 2.26. The molecule has 2 N–H and O–H groups in total. The lowest BCUT2D eigenvalue weighted by atomic mass is 9.88. The highest BCUT2D eigenvalue weighted by molar-refractivity contribution is 9.10. The molecule has 1 atom stereocenters.